The molecule has 0 atom stereocenters. The van der Waals surface area contributed by atoms with Gasteiger partial charge in [0.2, 0.25) is 0 Å². The first-order valence-corrected chi connectivity index (χ1v) is 1.71. The van der Waals surface area contributed by atoms with Gasteiger partial charge < -0.3 is 21.5 Å². The van der Waals surface area contributed by atoms with Crippen molar-refractivity contribution in [2.75, 3.05) is 5.75 Å². The molecular weight excluding hydrogens is 118 g/mol. The van der Waals surface area contributed by atoms with Gasteiger partial charge in [-0.05, 0) is 0 Å². The Hall–Kier alpha value is -0.260. The van der Waals surface area contributed by atoms with Gasteiger partial charge in [-0.2, -0.15) is 12.6 Å². The van der Waals surface area contributed by atoms with E-state index in [9.17, 15) is 9.90 Å². The van der Waals surface area contributed by atoms with Gasteiger partial charge in [-0.1, -0.05) is 0 Å². The van der Waals surface area contributed by atoms with E-state index in [0.29, 0.717) is 0 Å². The summed E-state index contributed by atoms with van der Waals surface area (Å²) in [7, 11) is 0. The van der Waals surface area contributed by atoms with Gasteiger partial charge in [0.05, 0.1) is 5.97 Å². The normalized spacial score (nSPS) is 5.29. The molecule has 0 amide bonds. The Balaban J connectivity index is -0.0000000800. The van der Waals surface area contributed by atoms with Gasteiger partial charge in [0, 0.05) is 5.75 Å². The van der Waals surface area contributed by atoms with E-state index >= 15 is 0 Å². The monoisotopic (exact) mass is 127 g/mol. The van der Waals surface area contributed by atoms with Gasteiger partial charge in [0.25, 0.3) is 0 Å². The van der Waals surface area contributed by atoms with Crippen molar-refractivity contribution in [1.82, 2.24) is 6.15 Å². The summed E-state index contributed by atoms with van der Waals surface area (Å²) in [5.74, 6) is -1.33. The number of carboxylic acids is 1. The molecule has 0 fully saturated rings. The third kappa shape index (κ3) is 26.5. The molecule has 0 radical (unpaired) electrons. The van der Waals surface area contributed by atoms with Crippen LogP contribution >= 0.6 is 12.6 Å². The smallest absolute Gasteiger partial charge is 0.0510 e. The van der Waals surface area contributed by atoms with E-state index in [-0.39, 0.29) is 17.4 Å². The van der Waals surface area contributed by atoms with Gasteiger partial charge in [-0.15, -0.1) is 0 Å². The molecule has 6 N–H and O–H groups in total. The number of quaternary nitrogens is 1. The van der Waals surface area contributed by atoms with Crippen molar-refractivity contribution in [1.29, 1.82) is 0 Å². The molecule has 46 valence electrons. The second kappa shape index (κ2) is 9.22. The van der Waals surface area contributed by atoms with Crippen LogP contribution in [0, 0.1) is 0 Å². The molecule has 0 spiro atoms. The number of carbonyl (C=O) groups excluding carboxylic acids is 1. The molecule has 0 aliphatic heterocycles. The van der Waals surface area contributed by atoms with Crippen LogP contribution in [-0.4, -0.2) is 17.2 Å². The highest BCUT2D eigenvalue weighted by Gasteiger charge is 1.66. The summed E-state index contributed by atoms with van der Waals surface area (Å²) < 4.78 is 0. The second-order valence-electron chi connectivity index (χ2n) is 0.530. The van der Waals surface area contributed by atoms with Crippen LogP contribution in [0.5, 0.6) is 0 Å². The minimum atomic E-state index is -1.13. The number of carboxylic acid groups (broad SMARTS) is 1. The topological polar surface area (TPSA) is 108 Å². The summed E-state index contributed by atoms with van der Waals surface area (Å²) >= 11 is 3.35. The molecular formula is C2H9NO3S. The lowest BCUT2D eigenvalue weighted by atomic mass is 10.8. The SMILES string of the molecule is O.O=C([O-])CS.[NH4+]. The zero-order valence-electron chi connectivity index (χ0n) is 3.97. The molecule has 0 bridgehead atoms. The predicted octanol–water partition coefficient (Wildman–Crippen LogP) is -1.78. The lowest BCUT2D eigenvalue weighted by Gasteiger charge is -1.86. The molecule has 5 heteroatoms. The molecule has 0 aliphatic carbocycles. The summed E-state index contributed by atoms with van der Waals surface area (Å²) in [4.78, 5) is 9.18. The van der Waals surface area contributed by atoms with E-state index in [1.165, 1.54) is 0 Å². The Morgan fingerprint density at radius 2 is 1.86 bits per heavy atom. The summed E-state index contributed by atoms with van der Waals surface area (Å²) in [6.45, 7) is 0. The van der Waals surface area contributed by atoms with Crippen molar-refractivity contribution >= 4 is 18.6 Å². The van der Waals surface area contributed by atoms with E-state index in [1.807, 2.05) is 0 Å². The average molecular weight is 127 g/mol. The van der Waals surface area contributed by atoms with Crippen LogP contribution in [0.3, 0.4) is 0 Å². The molecule has 0 rings (SSSR count). The Morgan fingerprint density at radius 3 is 1.86 bits per heavy atom. The second-order valence-corrected chi connectivity index (χ2v) is 0.846. The summed E-state index contributed by atoms with van der Waals surface area (Å²) in [6.07, 6.45) is 0. The van der Waals surface area contributed by atoms with E-state index < -0.39 is 5.97 Å². The first-order chi connectivity index (χ1) is 2.27. The molecule has 0 heterocycles. The third-order valence-electron chi connectivity index (χ3n) is 0.129. The van der Waals surface area contributed by atoms with Gasteiger partial charge in [-0.3, -0.25) is 0 Å². The van der Waals surface area contributed by atoms with Crippen LogP contribution in [0.4, 0.5) is 0 Å². The maximum atomic E-state index is 9.18. The maximum absolute atomic E-state index is 9.18. The van der Waals surface area contributed by atoms with Crippen molar-refractivity contribution in [2.24, 2.45) is 0 Å². The highest BCUT2D eigenvalue weighted by atomic mass is 32.1. The van der Waals surface area contributed by atoms with Crippen LogP contribution in [0.15, 0.2) is 0 Å². The molecule has 0 saturated carbocycles. The van der Waals surface area contributed by atoms with Crippen molar-refractivity contribution in [2.45, 2.75) is 0 Å². The van der Waals surface area contributed by atoms with Crippen LogP contribution in [-0.2, 0) is 4.79 Å². The molecule has 0 aromatic carbocycles. The number of hydrogen-bond donors (Lipinski definition) is 2. The number of rotatable bonds is 1. The zero-order chi connectivity index (χ0) is 4.28. The molecule has 4 nitrogen and oxygen atoms in total. The number of thiol groups is 1. The van der Waals surface area contributed by atoms with Gasteiger partial charge in [-0.25, -0.2) is 0 Å². The quantitative estimate of drug-likeness (QED) is 0.406. The predicted molar refractivity (Wildman–Crippen MR) is 28.5 cm³/mol. The molecule has 7 heavy (non-hydrogen) atoms. The van der Waals surface area contributed by atoms with Crippen LogP contribution < -0.4 is 11.3 Å². The summed E-state index contributed by atoms with van der Waals surface area (Å²) in [5.41, 5.74) is 0. The molecule has 0 saturated heterocycles. The Kier molecular flexibility index (Phi) is 20.9. The Labute approximate surface area is 46.8 Å². The van der Waals surface area contributed by atoms with Crippen LogP contribution in [0.2, 0.25) is 0 Å². The van der Waals surface area contributed by atoms with E-state index in [4.69, 9.17) is 0 Å². The summed E-state index contributed by atoms with van der Waals surface area (Å²) in [5, 5.41) is 9.18. The molecule has 0 aliphatic rings. The summed E-state index contributed by atoms with van der Waals surface area (Å²) in [6, 6.07) is 0. The van der Waals surface area contributed by atoms with Gasteiger partial charge >= 0.3 is 0 Å². The fourth-order valence-electron chi connectivity index (χ4n) is 0. The Bertz CT molecular complexity index is 48.2. The number of hydrogen-bond acceptors (Lipinski definition) is 3. The van der Waals surface area contributed by atoms with E-state index in [0.717, 1.165) is 0 Å². The minimum Gasteiger partial charge on any atom is -0.549 e. The van der Waals surface area contributed by atoms with Crippen molar-refractivity contribution in [3.05, 3.63) is 0 Å². The van der Waals surface area contributed by atoms with Crippen molar-refractivity contribution < 1.29 is 15.4 Å². The highest BCUT2D eigenvalue weighted by Crippen LogP contribution is 1.62. The highest BCUT2D eigenvalue weighted by molar-refractivity contribution is 7.81. The fraction of sp³-hybridized carbons (Fsp3) is 0.500. The zero-order valence-corrected chi connectivity index (χ0v) is 4.87. The molecule has 0 aromatic heterocycles. The van der Waals surface area contributed by atoms with Crippen molar-refractivity contribution in [3.8, 4) is 0 Å². The lowest BCUT2D eigenvalue weighted by Crippen LogP contribution is -2.23. The minimum absolute atomic E-state index is 0. The fourth-order valence-corrected chi connectivity index (χ4v) is 0. The Morgan fingerprint density at radius 1 is 1.71 bits per heavy atom. The van der Waals surface area contributed by atoms with Crippen LogP contribution in [0.1, 0.15) is 0 Å². The van der Waals surface area contributed by atoms with E-state index in [2.05, 4.69) is 12.6 Å². The van der Waals surface area contributed by atoms with E-state index in [1.54, 1.807) is 0 Å². The molecule has 0 aromatic rings. The first kappa shape index (κ1) is 15.9. The average Bonchev–Trinajstić information content (AvgIpc) is 1.38. The van der Waals surface area contributed by atoms with Crippen LogP contribution in [0.25, 0.3) is 0 Å². The standard InChI is InChI=1S/C2H4O2S.H3N.H2O/c3-2(4)1-5;;/h5H,1H2,(H,3,4);1H3;1H2. The van der Waals surface area contributed by atoms with Gasteiger partial charge in [0.15, 0.2) is 0 Å². The number of aliphatic carboxylic acids is 1. The first-order valence-electron chi connectivity index (χ1n) is 1.08. The lowest BCUT2D eigenvalue weighted by molar-refractivity contribution is -0.301. The maximum Gasteiger partial charge on any atom is 0.0510 e. The molecule has 0 unspecified atom stereocenters. The van der Waals surface area contributed by atoms with Crippen molar-refractivity contribution in [3.63, 3.8) is 0 Å². The largest absolute Gasteiger partial charge is 0.549 e. The third-order valence-corrected chi connectivity index (χ3v) is 0.387. The number of carbonyl (C=O) groups is 1. The van der Waals surface area contributed by atoms with Gasteiger partial charge in [0.1, 0.15) is 0 Å².